The zero-order valence-corrected chi connectivity index (χ0v) is 9.84. The summed E-state index contributed by atoms with van der Waals surface area (Å²) in [6.45, 7) is 3.04. The van der Waals surface area contributed by atoms with E-state index in [4.69, 9.17) is 0 Å². The number of aliphatic hydroxyl groups excluding tert-OH is 1. The van der Waals surface area contributed by atoms with Gasteiger partial charge in [0.25, 0.3) is 0 Å². The maximum absolute atomic E-state index is 9.81. The molecule has 3 N–H and O–H groups in total. The number of likely N-dealkylation sites (tertiary alicyclic amines) is 1. The standard InChI is InChI=1S/C13H19N3O/c17-13-11-9-16(7-6-12(11)14-15-13)8-10-4-2-1-3-5-10/h1-5,11-15,17H,6-9H2. The molecule has 0 bridgehead atoms. The van der Waals surface area contributed by atoms with Crippen LogP contribution in [0.5, 0.6) is 0 Å². The van der Waals surface area contributed by atoms with Gasteiger partial charge in [-0.2, -0.15) is 0 Å². The largest absolute Gasteiger partial charge is 0.377 e. The second kappa shape index (κ2) is 4.74. The summed E-state index contributed by atoms with van der Waals surface area (Å²) in [5, 5.41) is 9.81. The summed E-state index contributed by atoms with van der Waals surface area (Å²) in [5.74, 6) is 0.312. The highest BCUT2D eigenvalue weighted by Gasteiger charge is 2.38. The first-order chi connectivity index (χ1) is 8.33. The number of hydrogen-bond donors (Lipinski definition) is 3. The van der Waals surface area contributed by atoms with Crippen molar-refractivity contribution in [3.63, 3.8) is 0 Å². The molecular formula is C13H19N3O. The normalized spacial score (nSPS) is 33.6. The molecule has 0 radical (unpaired) electrons. The molecule has 1 aromatic rings. The Balaban J connectivity index is 1.62. The molecule has 17 heavy (non-hydrogen) atoms. The molecule has 4 heteroatoms. The van der Waals surface area contributed by atoms with E-state index in [1.165, 1.54) is 5.56 Å². The van der Waals surface area contributed by atoms with Gasteiger partial charge in [-0.3, -0.25) is 10.3 Å². The molecule has 3 atom stereocenters. The van der Waals surface area contributed by atoms with Crippen molar-refractivity contribution in [2.75, 3.05) is 13.1 Å². The molecule has 2 saturated heterocycles. The van der Waals surface area contributed by atoms with E-state index >= 15 is 0 Å². The molecule has 4 nitrogen and oxygen atoms in total. The van der Waals surface area contributed by atoms with E-state index in [1.54, 1.807) is 0 Å². The lowest BCUT2D eigenvalue weighted by Crippen LogP contribution is -2.45. The fourth-order valence-electron chi connectivity index (χ4n) is 2.84. The van der Waals surface area contributed by atoms with Crippen LogP contribution in [0.3, 0.4) is 0 Å². The Morgan fingerprint density at radius 2 is 2.06 bits per heavy atom. The number of benzene rings is 1. The molecule has 0 saturated carbocycles. The summed E-state index contributed by atoms with van der Waals surface area (Å²) in [4.78, 5) is 2.42. The Labute approximate surface area is 102 Å². The van der Waals surface area contributed by atoms with Crippen LogP contribution in [0.4, 0.5) is 0 Å². The van der Waals surface area contributed by atoms with Gasteiger partial charge in [-0.25, -0.2) is 5.43 Å². The van der Waals surface area contributed by atoms with Crippen molar-refractivity contribution in [3.8, 4) is 0 Å². The SMILES string of the molecule is OC1NNC2CCN(Cc3ccccc3)CC12. The minimum Gasteiger partial charge on any atom is -0.377 e. The van der Waals surface area contributed by atoms with Gasteiger partial charge in [-0.1, -0.05) is 30.3 Å². The highest BCUT2D eigenvalue weighted by Crippen LogP contribution is 2.23. The third kappa shape index (κ3) is 2.35. The summed E-state index contributed by atoms with van der Waals surface area (Å²) in [7, 11) is 0. The monoisotopic (exact) mass is 233 g/mol. The van der Waals surface area contributed by atoms with Crippen molar-refractivity contribution >= 4 is 0 Å². The van der Waals surface area contributed by atoms with Crippen molar-refractivity contribution < 1.29 is 5.11 Å². The Morgan fingerprint density at radius 3 is 2.88 bits per heavy atom. The Bertz CT molecular complexity index is 370. The highest BCUT2D eigenvalue weighted by molar-refractivity contribution is 5.14. The summed E-state index contributed by atoms with van der Waals surface area (Å²) in [6, 6.07) is 11.0. The minimum atomic E-state index is -0.404. The van der Waals surface area contributed by atoms with Crippen molar-refractivity contribution in [3.05, 3.63) is 35.9 Å². The Hall–Kier alpha value is -0.940. The quantitative estimate of drug-likeness (QED) is 0.688. The second-order valence-electron chi connectivity index (χ2n) is 5.01. The van der Waals surface area contributed by atoms with Gasteiger partial charge in [0.05, 0.1) is 0 Å². The van der Waals surface area contributed by atoms with E-state index in [2.05, 4.69) is 40.0 Å². The van der Waals surface area contributed by atoms with Gasteiger partial charge in [0.2, 0.25) is 0 Å². The molecule has 0 aliphatic carbocycles. The number of piperidine rings is 1. The van der Waals surface area contributed by atoms with Crippen LogP contribution >= 0.6 is 0 Å². The van der Waals surface area contributed by atoms with Gasteiger partial charge in [0, 0.05) is 31.6 Å². The van der Waals surface area contributed by atoms with Gasteiger partial charge in [-0.05, 0) is 12.0 Å². The van der Waals surface area contributed by atoms with Crippen LogP contribution < -0.4 is 10.9 Å². The van der Waals surface area contributed by atoms with Gasteiger partial charge in [-0.15, -0.1) is 0 Å². The van der Waals surface area contributed by atoms with Crippen LogP contribution in [-0.4, -0.2) is 35.4 Å². The summed E-state index contributed by atoms with van der Waals surface area (Å²) in [5.41, 5.74) is 7.44. The van der Waals surface area contributed by atoms with Crippen LogP contribution in [0.2, 0.25) is 0 Å². The van der Waals surface area contributed by atoms with Crippen molar-refractivity contribution in [1.29, 1.82) is 0 Å². The number of nitrogens with one attached hydrogen (secondary N) is 2. The first kappa shape index (κ1) is 11.2. The summed E-state index contributed by atoms with van der Waals surface area (Å²) < 4.78 is 0. The lowest BCUT2D eigenvalue weighted by Gasteiger charge is -2.34. The van der Waals surface area contributed by atoms with E-state index in [-0.39, 0.29) is 0 Å². The highest BCUT2D eigenvalue weighted by atomic mass is 16.3. The van der Waals surface area contributed by atoms with E-state index in [9.17, 15) is 5.11 Å². The lowest BCUT2D eigenvalue weighted by molar-refractivity contribution is 0.0596. The Kier molecular flexibility index (Phi) is 3.11. The zero-order chi connectivity index (χ0) is 11.7. The molecule has 3 rings (SSSR count). The number of fused-ring (bicyclic) bond motifs is 1. The molecule has 2 aliphatic heterocycles. The van der Waals surface area contributed by atoms with Crippen LogP contribution in [0.15, 0.2) is 30.3 Å². The van der Waals surface area contributed by atoms with E-state index < -0.39 is 6.23 Å². The number of nitrogens with zero attached hydrogens (tertiary/aromatic N) is 1. The van der Waals surface area contributed by atoms with Crippen LogP contribution in [0.25, 0.3) is 0 Å². The number of hydrazine groups is 1. The van der Waals surface area contributed by atoms with Gasteiger partial charge < -0.3 is 5.11 Å². The molecule has 2 heterocycles. The van der Waals surface area contributed by atoms with Gasteiger partial charge >= 0.3 is 0 Å². The first-order valence-electron chi connectivity index (χ1n) is 6.28. The summed E-state index contributed by atoms with van der Waals surface area (Å²) in [6.07, 6.45) is 0.695. The number of hydrogen-bond acceptors (Lipinski definition) is 4. The van der Waals surface area contributed by atoms with E-state index in [0.717, 1.165) is 26.1 Å². The average molecular weight is 233 g/mol. The molecule has 0 amide bonds. The second-order valence-corrected chi connectivity index (χ2v) is 5.01. The molecule has 0 aromatic heterocycles. The smallest absolute Gasteiger partial charge is 0.122 e. The fraction of sp³-hybridized carbons (Fsp3) is 0.538. The predicted octanol–water partition coefficient (Wildman–Crippen LogP) is 0.303. The molecule has 92 valence electrons. The zero-order valence-electron chi connectivity index (χ0n) is 9.84. The minimum absolute atomic E-state index is 0.312. The van der Waals surface area contributed by atoms with E-state index in [0.29, 0.717) is 12.0 Å². The first-order valence-corrected chi connectivity index (χ1v) is 6.28. The third-order valence-electron chi connectivity index (χ3n) is 3.81. The predicted molar refractivity (Wildman–Crippen MR) is 65.9 cm³/mol. The van der Waals surface area contributed by atoms with Crippen LogP contribution in [-0.2, 0) is 6.54 Å². The maximum Gasteiger partial charge on any atom is 0.122 e. The van der Waals surface area contributed by atoms with Gasteiger partial charge in [0.15, 0.2) is 0 Å². The maximum atomic E-state index is 9.81. The van der Waals surface area contributed by atoms with Crippen molar-refractivity contribution in [2.24, 2.45) is 5.92 Å². The Morgan fingerprint density at radius 1 is 1.24 bits per heavy atom. The van der Waals surface area contributed by atoms with Crippen LogP contribution in [0, 0.1) is 5.92 Å². The molecule has 3 unspecified atom stereocenters. The number of rotatable bonds is 2. The van der Waals surface area contributed by atoms with Gasteiger partial charge in [0.1, 0.15) is 6.23 Å². The summed E-state index contributed by atoms with van der Waals surface area (Å²) >= 11 is 0. The topological polar surface area (TPSA) is 47.5 Å². The van der Waals surface area contributed by atoms with E-state index in [1.807, 2.05) is 6.07 Å². The molecule has 0 spiro atoms. The third-order valence-corrected chi connectivity index (χ3v) is 3.81. The lowest BCUT2D eigenvalue weighted by atomic mass is 9.92. The molecule has 1 aromatic carbocycles. The average Bonchev–Trinajstić information content (AvgIpc) is 2.73. The molecule has 2 aliphatic rings. The molecule has 2 fully saturated rings. The van der Waals surface area contributed by atoms with Crippen molar-refractivity contribution in [1.82, 2.24) is 15.8 Å². The number of aliphatic hydroxyl groups is 1. The fourth-order valence-corrected chi connectivity index (χ4v) is 2.84. The van der Waals surface area contributed by atoms with Crippen LogP contribution in [0.1, 0.15) is 12.0 Å². The molecular weight excluding hydrogens is 214 g/mol. The van der Waals surface area contributed by atoms with Crippen molar-refractivity contribution in [2.45, 2.75) is 25.2 Å².